The van der Waals surface area contributed by atoms with E-state index < -0.39 is 112 Å². The molecule has 0 aromatic rings. The third kappa shape index (κ3) is 5.52. The third-order valence-corrected chi connectivity index (χ3v) is 6.02. The molecule has 0 unspecified atom stereocenters. The Kier molecular flexibility index (Phi) is 9.54. The fraction of sp³-hybridized carbons (Fsp3) is 1.00. The van der Waals surface area contributed by atoms with Crippen molar-refractivity contribution in [3.63, 3.8) is 0 Å². The van der Waals surface area contributed by atoms with Gasteiger partial charge in [0.05, 0.1) is 19.8 Å². The monoisotopic (exact) mass is 504 g/mol. The SMILES string of the molecule is OC[C@@H](O)[C@@H]1O[C@@H](O[C@H](CO)[C@@H]2O[C@@H](OC[C@@H](O)[C@@H]3O[C@@H](O)[C@H](O)[C@H]3O)[C@H](O)[C@H]2O)[C@H](O)[C@H]1O. The van der Waals surface area contributed by atoms with Crippen LogP contribution in [0.15, 0.2) is 0 Å². The Hall–Kier alpha value is -0.640. The first-order valence-corrected chi connectivity index (χ1v) is 10.6. The summed E-state index contributed by atoms with van der Waals surface area (Å²) in [6, 6.07) is 0. The summed E-state index contributed by atoms with van der Waals surface area (Å²) >= 11 is 0. The Labute approximate surface area is 192 Å². The molecule has 0 bridgehead atoms. The third-order valence-electron chi connectivity index (χ3n) is 6.02. The molecule has 3 rings (SSSR count). The average Bonchev–Trinajstić information content (AvgIpc) is 3.37. The maximum atomic E-state index is 10.3. The van der Waals surface area contributed by atoms with Gasteiger partial charge >= 0.3 is 0 Å². The number of ether oxygens (including phenoxy) is 5. The standard InChI is InChI=1S/C18H32O16/c19-1-4(21)13-8(24)12(28)18(33-13)31-6(2-20)15-9(25)11(27)17(34-15)30-3-5(22)14-7(23)10(26)16(29)32-14/h4-29H,1-3H2/t4-,5-,6-,7-,8-,9-,10-,11-,12-,13+,14+,15+,16-,17-,18-/m1/s1. The number of hydrogen-bond acceptors (Lipinski definition) is 16. The van der Waals surface area contributed by atoms with E-state index in [1.54, 1.807) is 0 Å². The summed E-state index contributed by atoms with van der Waals surface area (Å²) in [5.74, 6) is 0. The van der Waals surface area contributed by atoms with Gasteiger partial charge in [-0.3, -0.25) is 0 Å². The quantitative estimate of drug-likeness (QED) is 0.132. The molecule has 3 heterocycles. The van der Waals surface area contributed by atoms with Crippen molar-refractivity contribution in [1.82, 2.24) is 0 Å². The van der Waals surface area contributed by atoms with Crippen molar-refractivity contribution in [2.45, 2.75) is 92.1 Å². The topological polar surface area (TPSA) is 269 Å². The molecule has 3 saturated heterocycles. The minimum atomic E-state index is -1.72. The van der Waals surface area contributed by atoms with Crippen LogP contribution in [0.2, 0.25) is 0 Å². The lowest BCUT2D eigenvalue weighted by Gasteiger charge is -2.28. The highest BCUT2D eigenvalue weighted by Crippen LogP contribution is 2.31. The van der Waals surface area contributed by atoms with Gasteiger partial charge < -0.3 is 79.9 Å². The fourth-order valence-electron chi connectivity index (χ4n) is 4.01. The van der Waals surface area contributed by atoms with Gasteiger partial charge in [-0.2, -0.15) is 0 Å². The minimum absolute atomic E-state index is 0.621. The smallest absolute Gasteiger partial charge is 0.187 e. The molecule has 0 aromatic carbocycles. The van der Waals surface area contributed by atoms with E-state index in [9.17, 15) is 51.1 Å². The molecule has 0 radical (unpaired) electrons. The highest BCUT2D eigenvalue weighted by Gasteiger charge is 2.52. The molecule has 15 atom stereocenters. The van der Waals surface area contributed by atoms with E-state index in [0.717, 1.165) is 0 Å². The van der Waals surface area contributed by atoms with Gasteiger partial charge in [0, 0.05) is 0 Å². The van der Waals surface area contributed by atoms with E-state index in [1.165, 1.54) is 0 Å². The predicted octanol–water partition coefficient (Wildman–Crippen LogP) is -7.57. The molecule has 11 N–H and O–H groups in total. The van der Waals surface area contributed by atoms with Gasteiger partial charge in [-0.1, -0.05) is 0 Å². The molecule has 16 heteroatoms. The number of hydrogen-bond donors (Lipinski definition) is 11. The lowest BCUT2D eigenvalue weighted by atomic mass is 10.1. The van der Waals surface area contributed by atoms with Crippen LogP contribution in [0.5, 0.6) is 0 Å². The molecule has 3 fully saturated rings. The Morgan fingerprint density at radius 1 is 0.588 bits per heavy atom. The van der Waals surface area contributed by atoms with Gasteiger partial charge in [-0.25, -0.2) is 0 Å². The van der Waals surface area contributed by atoms with Crippen molar-refractivity contribution in [1.29, 1.82) is 0 Å². The summed E-state index contributed by atoms with van der Waals surface area (Å²) < 4.78 is 26.0. The van der Waals surface area contributed by atoms with Crippen LogP contribution < -0.4 is 0 Å². The molecule has 0 aliphatic carbocycles. The van der Waals surface area contributed by atoms with Gasteiger partial charge in [0.2, 0.25) is 0 Å². The van der Waals surface area contributed by atoms with E-state index in [-0.39, 0.29) is 0 Å². The fourth-order valence-corrected chi connectivity index (χ4v) is 4.01. The molecule has 34 heavy (non-hydrogen) atoms. The van der Waals surface area contributed by atoms with Crippen LogP contribution in [-0.4, -0.2) is 168 Å². The summed E-state index contributed by atoms with van der Waals surface area (Å²) in [7, 11) is 0. The predicted molar refractivity (Wildman–Crippen MR) is 101 cm³/mol. The van der Waals surface area contributed by atoms with Crippen LogP contribution >= 0.6 is 0 Å². The van der Waals surface area contributed by atoms with Crippen molar-refractivity contribution >= 4 is 0 Å². The van der Waals surface area contributed by atoms with E-state index in [0.29, 0.717) is 0 Å². The van der Waals surface area contributed by atoms with E-state index in [1.807, 2.05) is 0 Å². The molecule has 3 aliphatic rings. The highest BCUT2D eigenvalue weighted by molar-refractivity contribution is 4.95. The summed E-state index contributed by atoms with van der Waals surface area (Å²) in [5, 5.41) is 108. The zero-order valence-corrected chi connectivity index (χ0v) is 17.7. The first-order chi connectivity index (χ1) is 16.0. The molecular weight excluding hydrogens is 472 g/mol. The minimum Gasteiger partial charge on any atom is -0.394 e. The Morgan fingerprint density at radius 2 is 1.12 bits per heavy atom. The van der Waals surface area contributed by atoms with Gasteiger partial charge in [-0.15, -0.1) is 0 Å². The summed E-state index contributed by atoms with van der Waals surface area (Å²) in [5.41, 5.74) is 0. The largest absolute Gasteiger partial charge is 0.394 e. The van der Waals surface area contributed by atoms with Gasteiger partial charge in [0.1, 0.15) is 73.2 Å². The van der Waals surface area contributed by atoms with Gasteiger partial charge in [0.25, 0.3) is 0 Å². The second-order valence-corrected chi connectivity index (χ2v) is 8.38. The van der Waals surface area contributed by atoms with Crippen molar-refractivity contribution in [2.24, 2.45) is 0 Å². The molecule has 200 valence electrons. The van der Waals surface area contributed by atoms with Gasteiger partial charge in [-0.05, 0) is 0 Å². The number of aliphatic hydroxyl groups is 11. The Balaban J connectivity index is 1.56. The molecule has 3 aliphatic heterocycles. The number of rotatable bonds is 10. The highest BCUT2D eigenvalue weighted by atomic mass is 16.7. The van der Waals surface area contributed by atoms with E-state index >= 15 is 0 Å². The normalized spacial score (nSPS) is 47.7. The van der Waals surface area contributed by atoms with Crippen molar-refractivity contribution < 1.29 is 79.9 Å². The van der Waals surface area contributed by atoms with Crippen LogP contribution in [0.1, 0.15) is 0 Å². The van der Waals surface area contributed by atoms with E-state index in [2.05, 4.69) is 0 Å². The van der Waals surface area contributed by atoms with Crippen LogP contribution in [-0.2, 0) is 23.7 Å². The zero-order valence-electron chi connectivity index (χ0n) is 17.7. The molecule has 0 amide bonds. The van der Waals surface area contributed by atoms with Crippen molar-refractivity contribution in [2.75, 3.05) is 19.8 Å². The average molecular weight is 504 g/mol. The summed E-state index contributed by atoms with van der Waals surface area (Å²) in [6.45, 7) is -2.20. The van der Waals surface area contributed by atoms with Crippen LogP contribution in [0.3, 0.4) is 0 Å². The van der Waals surface area contributed by atoms with Crippen LogP contribution in [0, 0.1) is 0 Å². The lowest BCUT2D eigenvalue weighted by molar-refractivity contribution is -0.247. The maximum absolute atomic E-state index is 10.3. The first-order valence-electron chi connectivity index (χ1n) is 10.6. The molecule has 0 saturated carbocycles. The Morgan fingerprint density at radius 3 is 1.68 bits per heavy atom. The molecule has 0 aromatic heterocycles. The molecule has 16 nitrogen and oxygen atoms in total. The summed E-state index contributed by atoms with van der Waals surface area (Å²) in [4.78, 5) is 0. The summed E-state index contributed by atoms with van der Waals surface area (Å²) in [6.07, 6.45) is -23.6. The molecular formula is C18H32O16. The number of aliphatic hydroxyl groups excluding tert-OH is 11. The van der Waals surface area contributed by atoms with Gasteiger partial charge in [0.15, 0.2) is 18.9 Å². The maximum Gasteiger partial charge on any atom is 0.187 e. The first kappa shape index (κ1) is 27.9. The second-order valence-electron chi connectivity index (χ2n) is 8.38. The zero-order chi connectivity index (χ0) is 25.3. The molecule has 0 spiro atoms. The second kappa shape index (κ2) is 11.6. The van der Waals surface area contributed by atoms with Crippen LogP contribution in [0.4, 0.5) is 0 Å². The van der Waals surface area contributed by atoms with E-state index in [4.69, 9.17) is 28.8 Å². The lowest BCUT2D eigenvalue weighted by Crippen LogP contribution is -2.46. The Bertz CT molecular complexity index is 641. The van der Waals surface area contributed by atoms with Crippen LogP contribution in [0.25, 0.3) is 0 Å². The van der Waals surface area contributed by atoms with Crippen molar-refractivity contribution in [3.8, 4) is 0 Å². The van der Waals surface area contributed by atoms with Crippen molar-refractivity contribution in [3.05, 3.63) is 0 Å².